The van der Waals surface area contributed by atoms with Crippen LogP contribution in [0.3, 0.4) is 0 Å². The molecule has 2 amide bonds. The highest BCUT2D eigenvalue weighted by Gasteiger charge is 2.63. The highest BCUT2D eigenvalue weighted by molar-refractivity contribution is 6.07. The maximum atomic E-state index is 15.2. The van der Waals surface area contributed by atoms with Gasteiger partial charge in [-0.1, -0.05) is 99.6 Å². The van der Waals surface area contributed by atoms with E-state index in [-0.39, 0.29) is 6.03 Å². The molecule has 1 atom stereocenters. The Balaban J connectivity index is 1.63. The maximum absolute atomic E-state index is 15.2. The molecule has 0 saturated heterocycles. The molecule has 0 aliphatic carbocycles. The van der Waals surface area contributed by atoms with E-state index in [1.807, 2.05) is 97.9 Å². The number of methoxy groups -OCH3 is 1. The molecule has 0 radical (unpaired) electrons. The lowest BCUT2D eigenvalue weighted by molar-refractivity contribution is -0.0243. The topological polar surface area (TPSA) is 79.8 Å². The number of para-hydroxylation sites is 1. The third kappa shape index (κ3) is 5.45. The molecular weight excluding hydrogens is 603 g/mol. The molecule has 9 heteroatoms. The minimum absolute atomic E-state index is 0.245. The molecule has 8 nitrogen and oxygen atoms in total. The third-order valence-corrected chi connectivity index (χ3v) is 10.1. The lowest BCUT2D eigenvalue weighted by Crippen LogP contribution is -2.71. The smallest absolute Gasteiger partial charge is 0.332 e. The Hall–Kier alpha value is -4.99. The number of carbonyl (C=O) groups excluding carboxylic acids is 1. The number of carbonyl (C=O) groups is 1. The molecule has 0 spiro atoms. The summed E-state index contributed by atoms with van der Waals surface area (Å²) < 4.78 is 12.3. The molecule has 5 aromatic rings. The SMILES string of the molecule is COc1ccc(N2Cc3cnc(Nc4ccccc4)nc3N([C@@](C)(O[SiH3])C(c3ccccc3)(c3ccccc3)C(C)(C)C)C2=O)cc1. The number of fused-ring (bicyclic) bond motifs is 1. The molecule has 4 aromatic carbocycles. The van der Waals surface area contributed by atoms with Gasteiger partial charge >= 0.3 is 6.03 Å². The van der Waals surface area contributed by atoms with Crippen LogP contribution in [-0.4, -0.2) is 39.3 Å². The maximum Gasteiger partial charge on any atom is 0.332 e. The van der Waals surface area contributed by atoms with E-state index in [1.54, 1.807) is 23.1 Å². The Labute approximate surface area is 279 Å². The Bertz CT molecular complexity index is 1790. The lowest BCUT2D eigenvalue weighted by Gasteiger charge is -2.60. The van der Waals surface area contributed by atoms with E-state index >= 15 is 4.79 Å². The first-order valence-electron chi connectivity index (χ1n) is 15.7. The van der Waals surface area contributed by atoms with Gasteiger partial charge in [-0.05, 0) is 59.9 Å². The molecule has 1 aromatic heterocycles. The summed E-state index contributed by atoms with van der Waals surface area (Å²) >= 11 is 0. The zero-order chi connectivity index (χ0) is 33.2. The summed E-state index contributed by atoms with van der Waals surface area (Å²) in [5.74, 6) is 1.61. The fourth-order valence-electron chi connectivity index (χ4n) is 7.26. The molecule has 2 heterocycles. The number of amides is 2. The van der Waals surface area contributed by atoms with Crippen molar-refractivity contribution in [2.24, 2.45) is 5.41 Å². The van der Waals surface area contributed by atoms with Crippen molar-refractivity contribution in [1.29, 1.82) is 0 Å². The number of nitrogens with one attached hydrogen (secondary N) is 1. The normalized spacial score (nSPS) is 14.8. The Kier molecular flexibility index (Phi) is 8.61. The van der Waals surface area contributed by atoms with Gasteiger partial charge in [0.2, 0.25) is 5.95 Å². The second-order valence-electron chi connectivity index (χ2n) is 12.9. The van der Waals surface area contributed by atoms with E-state index in [9.17, 15) is 0 Å². The summed E-state index contributed by atoms with van der Waals surface area (Å²) in [4.78, 5) is 28.5. The Morgan fingerprint density at radius 2 is 1.34 bits per heavy atom. The van der Waals surface area contributed by atoms with Gasteiger partial charge in [0.25, 0.3) is 0 Å². The quantitative estimate of drug-likeness (QED) is 0.171. The van der Waals surface area contributed by atoms with Crippen LogP contribution < -0.4 is 19.9 Å². The van der Waals surface area contributed by atoms with Crippen molar-refractivity contribution in [2.45, 2.75) is 45.4 Å². The largest absolute Gasteiger partial charge is 0.497 e. The van der Waals surface area contributed by atoms with E-state index in [4.69, 9.17) is 19.1 Å². The number of nitrogens with zero attached hydrogens (tertiary/aromatic N) is 4. The van der Waals surface area contributed by atoms with Crippen LogP contribution in [0.15, 0.2) is 121 Å². The molecule has 0 saturated carbocycles. The fourth-order valence-corrected chi connectivity index (χ4v) is 7.75. The van der Waals surface area contributed by atoms with E-state index in [1.165, 1.54) is 0 Å². The summed E-state index contributed by atoms with van der Waals surface area (Å²) in [6.07, 6.45) is 1.81. The molecule has 47 heavy (non-hydrogen) atoms. The van der Waals surface area contributed by atoms with Gasteiger partial charge in [-0.25, -0.2) is 14.7 Å². The number of rotatable bonds is 9. The highest BCUT2D eigenvalue weighted by Crippen LogP contribution is 2.57. The zero-order valence-electron chi connectivity index (χ0n) is 27.8. The van der Waals surface area contributed by atoms with Crippen LogP contribution in [0, 0.1) is 5.41 Å². The van der Waals surface area contributed by atoms with E-state index in [0.29, 0.717) is 34.5 Å². The van der Waals surface area contributed by atoms with Crippen LogP contribution in [0.1, 0.15) is 44.4 Å². The monoisotopic (exact) mass is 643 g/mol. The van der Waals surface area contributed by atoms with E-state index in [0.717, 1.165) is 28.1 Å². The molecule has 0 bridgehead atoms. The first-order chi connectivity index (χ1) is 22.6. The van der Waals surface area contributed by atoms with E-state index in [2.05, 4.69) is 50.4 Å². The van der Waals surface area contributed by atoms with Crippen molar-refractivity contribution < 1.29 is 14.0 Å². The number of hydrogen-bond acceptors (Lipinski definition) is 6. The van der Waals surface area contributed by atoms with Gasteiger partial charge in [0.1, 0.15) is 22.1 Å². The van der Waals surface area contributed by atoms with Gasteiger partial charge in [-0.15, -0.1) is 0 Å². The van der Waals surface area contributed by atoms with Crippen molar-refractivity contribution in [3.05, 3.63) is 138 Å². The predicted octanol–water partition coefficient (Wildman–Crippen LogP) is 7.22. The molecule has 0 fully saturated rings. The number of anilines is 4. The molecule has 1 aliphatic heterocycles. The molecule has 1 N–H and O–H groups in total. The molecule has 6 rings (SSSR count). The van der Waals surface area contributed by atoms with E-state index < -0.39 is 16.6 Å². The highest BCUT2D eigenvalue weighted by atomic mass is 28.2. The van der Waals surface area contributed by atoms with Crippen LogP contribution in [0.2, 0.25) is 0 Å². The van der Waals surface area contributed by atoms with Gasteiger partial charge in [-0.3, -0.25) is 4.90 Å². The van der Waals surface area contributed by atoms with Gasteiger partial charge in [0, 0.05) is 23.1 Å². The number of benzene rings is 4. The van der Waals surface area contributed by atoms with Gasteiger partial charge in [0.15, 0.2) is 5.72 Å². The average molecular weight is 644 g/mol. The molecule has 0 unspecified atom stereocenters. The average Bonchev–Trinajstić information content (AvgIpc) is 3.09. The molecule has 1 aliphatic rings. The number of hydrogen-bond donors (Lipinski definition) is 1. The van der Waals surface area contributed by atoms with Crippen LogP contribution in [-0.2, 0) is 16.4 Å². The number of aromatic nitrogens is 2. The second-order valence-corrected chi connectivity index (χ2v) is 13.3. The number of urea groups is 1. The zero-order valence-corrected chi connectivity index (χ0v) is 29.8. The summed E-state index contributed by atoms with van der Waals surface area (Å²) in [6, 6.07) is 37.8. The molecular formula is C38H41N5O3Si. The summed E-state index contributed by atoms with van der Waals surface area (Å²) in [7, 11) is 1.96. The van der Waals surface area contributed by atoms with Crippen molar-refractivity contribution in [3.63, 3.8) is 0 Å². The van der Waals surface area contributed by atoms with Crippen LogP contribution in [0.5, 0.6) is 5.75 Å². The second kappa shape index (κ2) is 12.7. The van der Waals surface area contributed by atoms with Crippen molar-refractivity contribution >= 4 is 39.7 Å². The number of ether oxygens (including phenoxy) is 1. The Morgan fingerprint density at radius 3 is 1.85 bits per heavy atom. The first kappa shape index (κ1) is 32.0. The standard InChI is InChI=1S/C38H41N5O3Si/c1-36(2,3)38(28-15-9-6-10-16-28,29-17-11-7-12-18-29)37(4,46-47)43-33-27(25-39-34(41-33)40-30-19-13-8-14-20-30)26-42(35(43)44)31-21-23-32(45-5)24-22-31/h6-25H,26H2,1-5,47H3,(H,39,40,41)/t37-/m0/s1. The lowest BCUT2D eigenvalue weighted by atomic mass is 9.53. The predicted molar refractivity (Wildman–Crippen MR) is 191 cm³/mol. The van der Waals surface area contributed by atoms with Crippen LogP contribution >= 0.6 is 0 Å². The fraction of sp³-hybridized carbons (Fsp3) is 0.237. The van der Waals surface area contributed by atoms with Crippen molar-refractivity contribution in [2.75, 3.05) is 22.2 Å². The molecule has 240 valence electrons. The third-order valence-electron chi connectivity index (χ3n) is 9.28. The summed E-state index contributed by atoms with van der Waals surface area (Å²) in [6.45, 7) is 8.97. The van der Waals surface area contributed by atoms with Crippen LogP contribution in [0.25, 0.3) is 0 Å². The Morgan fingerprint density at radius 1 is 0.787 bits per heavy atom. The van der Waals surface area contributed by atoms with Crippen LogP contribution in [0.4, 0.5) is 27.9 Å². The van der Waals surface area contributed by atoms with Gasteiger partial charge in [-0.2, -0.15) is 4.98 Å². The minimum atomic E-state index is -1.25. The van der Waals surface area contributed by atoms with Gasteiger partial charge in [0.05, 0.1) is 19.1 Å². The first-order valence-corrected chi connectivity index (χ1v) is 16.6. The van der Waals surface area contributed by atoms with Gasteiger partial charge < -0.3 is 14.5 Å². The summed E-state index contributed by atoms with van der Waals surface area (Å²) in [5, 5.41) is 3.33. The minimum Gasteiger partial charge on any atom is -0.497 e. The van der Waals surface area contributed by atoms with Crippen molar-refractivity contribution in [1.82, 2.24) is 9.97 Å². The summed E-state index contributed by atoms with van der Waals surface area (Å²) in [5.41, 5.74) is 1.86. The van der Waals surface area contributed by atoms with Crippen molar-refractivity contribution in [3.8, 4) is 5.75 Å².